The average molecular weight is 559 g/mol. The van der Waals surface area contributed by atoms with Crippen molar-refractivity contribution in [2.24, 2.45) is 17.6 Å². The fraction of sp³-hybridized carbons (Fsp3) is 0.696. The SMILES string of the molecule is C[C@@H](NC(=O)C(F)F)[C@H]1C(=O)N2C(C(=O)O)=C(S[C@@H]3CN[C@H](C(=O)N4CC[C@H](NC(=O)CN)C4)C3)[C@H](C)[C@H]12. The number of amides is 4. The molecule has 210 valence electrons. The van der Waals surface area contributed by atoms with Crippen LogP contribution in [0.4, 0.5) is 8.78 Å². The number of aliphatic carboxylic acids is 1. The molecule has 4 aliphatic heterocycles. The number of carboxylic acid groups (broad SMARTS) is 1. The smallest absolute Gasteiger partial charge is 0.353 e. The summed E-state index contributed by atoms with van der Waals surface area (Å²) in [6.45, 7) is 4.48. The van der Waals surface area contributed by atoms with Crippen LogP contribution in [0.25, 0.3) is 0 Å². The first-order chi connectivity index (χ1) is 17.9. The van der Waals surface area contributed by atoms with Crippen molar-refractivity contribution in [3.63, 3.8) is 0 Å². The molecule has 0 unspecified atom stereocenters. The van der Waals surface area contributed by atoms with E-state index >= 15 is 0 Å². The Bertz CT molecular complexity index is 1060. The predicted octanol–water partition coefficient (Wildman–Crippen LogP) is -1.33. The van der Waals surface area contributed by atoms with Gasteiger partial charge < -0.3 is 36.6 Å². The number of halogens is 2. The van der Waals surface area contributed by atoms with Crippen LogP contribution in [-0.2, 0) is 24.0 Å². The third-order valence-corrected chi connectivity index (χ3v) is 9.14. The number of hydrogen-bond donors (Lipinski definition) is 5. The highest BCUT2D eigenvalue weighted by molar-refractivity contribution is 8.03. The number of likely N-dealkylation sites (tertiary alicyclic amines) is 1. The maximum absolute atomic E-state index is 13.0. The summed E-state index contributed by atoms with van der Waals surface area (Å²) < 4.78 is 25.4. The Hall–Kier alpha value is -2.78. The molecular weight excluding hydrogens is 526 g/mol. The highest BCUT2D eigenvalue weighted by atomic mass is 32.2. The molecule has 4 aliphatic rings. The first kappa shape index (κ1) is 28.2. The molecule has 0 aliphatic carbocycles. The van der Waals surface area contributed by atoms with Gasteiger partial charge in [0, 0.05) is 47.8 Å². The van der Waals surface area contributed by atoms with Gasteiger partial charge in [-0.2, -0.15) is 8.78 Å². The van der Waals surface area contributed by atoms with Gasteiger partial charge in [0.15, 0.2) is 0 Å². The summed E-state index contributed by atoms with van der Waals surface area (Å²) in [5.74, 6) is -4.84. The molecule has 0 spiro atoms. The summed E-state index contributed by atoms with van der Waals surface area (Å²) in [6.07, 6.45) is -2.13. The third kappa shape index (κ3) is 5.23. The van der Waals surface area contributed by atoms with Crippen molar-refractivity contribution >= 4 is 41.4 Å². The zero-order valence-corrected chi connectivity index (χ0v) is 21.8. The van der Waals surface area contributed by atoms with E-state index in [1.807, 2.05) is 0 Å². The number of carbonyl (C=O) groups is 5. The molecule has 0 aromatic rings. The van der Waals surface area contributed by atoms with E-state index in [2.05, 4.69) is 16.0 Å². The van der Waals surface area contributed by atoms with E-state index in [-0.39, 0.29) is 41.3 Å². The zero-order chi connectivity index (χ0) is 27.9. The number of nitrogens with zero attached hydrogens (tertiary/aromatic N) is 2. The number of β-lactam (4-membered cyclic amide) rings is 1. The van der Waals surface area contributed by atoms with Crippen molar-refractivity contribution in [3.8, 4) is 0 Å². The molecule has 12 nitrogen and oxygen atoms in total. The molecule has 15 heteroatoms. The lowest BCUT2D eigenvalue weighted by Gasteiger charge is -2.47. The average Bonchev–Trinajstić information content (AvgIpc) is 3.57. The molecule has 4 rings (SSSR count). The third-order valence-electron chi connectivity index (χ3n) is 7.63. The van der Waals surface area contributed by atoms with E-state index in [1.165, 1.54) is 23.6 Å². The van der Waals surface area contributed by atoms with Crippen molar-refractivity contribution in [2.45, 2.75) is 62.5 Å². The van der Waals surface area contributed by atoms with Crippen LogP contribution in [0, 0.1) is 11.8 Å². The highest BCUT2D eigenvalue weighted by Gasteiger charge is 2.60. The summed E-state index contributed by atoms with van der Waals surface area (Å²) in [5, 5.41) is 17.9. The monoisotopic (exact) mass is 558 g/mol. The molecule has 4 amide bonds. The molecule has 0 aromatic heterocycles. The Balaban J connectivity index is 1.39. The zero-order valence-electron chi connectivity index (χ0n) is 21.0. The van der Waals surface area contributed by atoms with Crippen LogP contribution in [0.1, 0.15) is 26.7 Å². The van der Waals surface area contributed by atoms with Crippen LogP contribution in [0.5, 0.6) is 0 Å². The van der Waals surface area contributed by atoms with Gasteiger partial charge in [0.2, 0.25) is 17.7 Å². The molecule has 6 N–H and O–H groups in total. The number of thioether (sulfide) groups is 1. The van der Waals surface area contributed by atoms with Crippen LogP contribution in [0.3, 0.4) is 0 Å². The van der Waals surface area contributed by atoms with Gasteiger partial charge >= 0.3 is 12.4 Å². The maximum atomic E-state index is 13.0. The van der Waals surface area contributed by atoms with Gasteiger partial charge in [0.1, 0.15) is 5.70 Å². The van der Waals surface area contributed by atoms with Gasteiger partial charge in [-0.25, -0.2) is 4.79 Å². The molecule has 0 bridgehead atoms. The van der Waals surface area contributed by atoms with Gasteiger partial charge in [0.25, 0.3) is 5.91 Å². The van der Waals surface area contributed by atoms with E-state index in [0.29, 0.717) is 37.4 Å². The number of hydrogen-bond acceptors (Lipinski definition) is 8. The molecule has 0 radical (unpaired) electrons. The van der Waals surface area contributed by atoms with E-state index in [1.54, 1.807) is 11.8 Å². The summed E-state index contributed by atoms with van der Waals surface area (Å²) in [6, 6.07) is -2.06. The molecule has 0 aromatic carbocycles. The van der Waals surface area contributed by atoms with Gasteiger partial charge in [-0.1, -0.05) is 6.92 Å². The normalized spacial score (nSPS) is 31.4. The van der Waals surface area contributed by atoms with Gasteiger partial charge in [0.05, 0.1) is 24.5 Å². The number of nitrogens with two attached hydrogens (primary N) is 1. The molecule has 38 heavy (non-hydrogen) atoms. The Morgan fingerprint density at radius 1 is 1.29 bits per heavy atom. The second kappa shape index (κ2) is 11.1. The molecule has 7 atom stereocenters. The van der Waals surface area contributed by atoms with Gasteiger partial charge in [-0.3, -0.25) is 19.2 Å². The number of fused-ring (bicyclic) bond motifs is 1. The first-order valence-corrected chi connectivity index (χ1v) is 13.4. The van der Waals surface area contributed by atoms with Crippen molar-refractivity contribution in [1.29, 1.82) is 0 Å². The molecule has 4 heterocycles. The van der Waals surface area contributed by atoms with Gasteiger partial charge in [-0.05, 0) is 19.8 Å². The predicted molar refractivity (Wildman–Crippen MR) is 132 cm³/mol. The fourth-order valence-electron chi connectivity index (χ4n) is 5.82. The summed E-state index contributed by atoms with van der Waals surface area (Å²) in [4.78, 5) is 64.4. The largest absolute Gasteiger partial charge is 0.477 e. The fourth-order valence-corrected chi connectivity index (χ4v) is 7.30. The number of carbonyl (C=O) groups excluding carboxylic acids is 4. The lowest BCUT2D eigenvalue weighted by molar-refractivity contribution is -0.159. The van der Waals surface area contributed by atoms with E-state index < -0.39 is 48.3 Å². The number of alkyl halides is 2. The van der Waals surface area contributed by atoms with E-state index in [9.17, 15) is 37.9 Å². The Morgan fingerprint density at radius 2 is 2.00 bits per heavy atom. The highest BCUT2D eigenvalue weighted by Crippen LogP contribution is 2.51. The summed E-state index contributed by atoms with van der Waals surface area (Å²) in [7, 11) is 0. The Morgan fingerprint density at radius 3 is 2.63 bits per heavy atom. The molecule has 0 saturated carbocycles. The number of carboxylic acids is 1. The lowest BCUT2D eigenvalue weighted by atomic mass is 9.78. The lowest BCUT2D eigenvalue weighted by Crippen LogP contribution is -2.66. The minimum absolute atomic E-state index is 0.0906. The minimum atomic E-state index is -3.22. The van der Waals surface area contributed by atoms with Crippen LogP contribution >= 0.6 is 11.8 Å². The topological polar surface area (TPSA) is 174 Å². The quantitative estimate of drug-likeness (QED) is 0.215. The molecular formula is C23H32F2N6O6S. The van der Waals surface area contributed by atoms with Crippen molar-refractivity contribution in [3.05, 3.63) is 10.6 Å². The summed E-state index contributed by atoms with van der Waals surface area (Å²) >= 11 is 1.31. The Labute approximate surface area is 222 Å². The van der Waals surface area contributed by atoms with Crippen molar-refractivity contribution in [2.75, 3.05) is 26.2 Å². The van der Waals surface area contributed by atoms with E-state index in [4.69, 9.17) is 5.73 Å². The van der Waals surface area contributed by atoms with Crippen LogP contribution < -0.4 is 21.7 Å². The van der Waals surface area contributed by atoms with Gasteiger partial charge in [-0.15, -0.1) is 11.8 Å². The minimum Gasteiger partial charge on any atom is -0.477 e. The summed E-state index contributed by atoms with van der Waals surface area (Å²) in [5.41, 5.74) is 5.20. The second-order valence-electron chi connectivity index (χ2n) is 10.1. The standard InChI is InChI=1S/C23H32F2N6O6S/c1-9-16-15(10(2)28-20(33)19(24)25)22(35)31(16)17(23(36)37)18(9)38-12-5-13(27-7-12)21(34)30-4-3-11(8-30)29-14(32)6-26/h9-13,15-16,19,27H,3-8,26H2,1-2H3,(H,28,33)(H,29,32)(H,36,37)/t9-,10-,11+,12+,13+,15-,16-/m1/s1. The molecule has 3 saturated heterocycles. The second-order valence-corrected chi connectivity index (χ2v) is 11.4. The number of nitrogens with one attached hydrogen (secondary N) is 3. The maximum Gasteiger partial charge on any atom is 0.353 e. The number of rotatable bonds is 9. The van der Waals surface area contributed by atoms with E-state index in [0.717, 1.165) is 0 Å². The van der Waals surface area contributed by atoms with Crippen LogP contribution in [-0.4, -0.2) is 107 Å². The van der Waals surface area contributed by atoms with Crippen molar-refractivity contribution < 1.29 is 37.9 Å². The first-order valence-electron chi connectivity index (χ1n) is 12.5. The van der Waals surface area contributed by atoms with Crippen LogP contribution in [0.2, 0.25) is 0 Å². The van der Waals surface area contributed by atoms with Crippen molar-refractivity contribution in [1.82, 2.24) is 25.8 Å². The molecule has 3 fully saturated rings. The Kier molecular flexibility index (Phi) is 8.28. The van der Waals surface area contributed by atoms with Crippen LogP contribution in [0.15, 0.2) is 10.6 Å².